The first kappa shape index (κ1) is 29.1. The van der Waals surface area contributed by atoms with Crippen LogP contribution in [0.3, 0.4) is 0 Å². The highest BCUT2D eigenvalue weighted by Crippen LogP contribution is 2.30. The monoisotopic (exact) mass is 588 g/mol. The van der Waals surface area contributed by atoms with Crippen molar-refractivity contribution in [3.05, 3.63) is 92.5 Å². The smallest absolute Gasteiger partial charge is 0.228 e. The first-order chi connectivity index (χ1) is 19.4. The Morgan fingerprint density at radius 3 is 2.02 bits per heavy atom. The van der Waals surface area contributed by atoms with E-state index in [-0.39, 0.29) is 15.9 Å². The molecular weight excluding hydrogens is 563 g/mol. The van der Waals surface area contributed by atoms with E-state index in [1.165, 1.54) is 72.1 Å². The number of hydrogen-bond acceptors (Lipinski definition) is 9. The number of rotatable bonds is 3. The van der Waals surface area contributed by atoms with E-state index >= 15 is 0 Å². The van der Waals surface area contributed by atoms with Gasteiger partial charge >= 0.3 is 0 Å². The van der Waals surface area contributed by atoms with Gasteiger partial charge in [0.05, 0.1) is 12.4 Å². The molecule has 8 nitrogen and oxygen atoms in total. The molecule has 2 aliphatic carbocycles. The van der Waals surface area contributed by atoms with E-state index in [9.17, 15) is 0 Å². The van der Waals surface area contributed by atoms with Crippen molar-refractivity contribution in [1.29, 1.82) is 10.5 Å². The van der Waals surface area contributed by atoms with Gasteiger partial charge in [-0.05, 0) is 79.2 Å². The Kier molecular flexibility index (Phi) is 10.2. The lowest BCUT2D eigenvalue weighted by Crippen LogP contribution is -2.01. The zero-order valence-electron chi connectivity index (χ0n) is 21.8. The highest BCUT2D eigenvalue weighted by molar-refractivity contribution is 7.98. The summed E-state index contributed by atoms with van der Waals surface area (Å²) in [4.78, 5) is 15.9. The van der Waals surface area contributed by atoms with E-state index in [4.69, 9.17) is 39.5 Å². The molecule has 202 valence electrons. The molecule has 6 rings (SSSR count). The van der Waals surface area contributed by atoms with E-state index in [1.807, 2.05) is 42.7 Å². The van der Waals surface area contributed by atoms with Crippen molar-refractivity contribution < 1.29 is 0 Å². The van der Waals surface area contributed by atoms with Crippen molar-refractivity contribution in [1.82, 2.24) is 19.9 Å². The number of benzene rings is 2. The van der Waals surface area contributed by atoms with Crippen molar-refractivity contribution in [3.63, 3.8) is 0 Å². The minimum atomic E-state index is 0.174. The van der Waals surface area contributed by atoms with Crippen molar-refractivity contribution in [2.75, 3.05) is 17.3 Å². The summed E-state index contributed by atoms with van der Waals surface area (Å²) in [5, 5.41) is 21.4. The Balaban J connectivity index is 0.000000150. The summed E-state index contributed by atoms with van der Waals surface area (Å²) >= 11 is 12.9. The third-order valence-electron chi connectivity index (χ3n) is 6.46. The van der Waals surface area contributed by atoms with Gasteiger partial charge < -0.3 is 11.1 Å². The SMILES string of the molecule is CSc1ncc(C#N)c(Cl)n1.N#Cc1cnc(Nc2cccc3c2CCC3)nc1Cl.Nc1cccc2c1CCC2. The number of halogens is 2. The average Bonchev–Trinajstić information content (AvgIpc) is 3.65. The van der Waals surface area contributed by atoms with Crippen LogP contribution in [-0.2, 0) is 25.7 Å². The number of nitrogens with one attached hydrogen (secondary N) is 1. The predicted molar refractivity (Wildman–Crippen MR) is 160 cm³/mol. The van der Waals surface area contributed by atoms with Crippen LogP contribution >= 0.6 is 35.0 Å². The number of aryl methyl sites for hydroxylation is 2. The van der Waals surface area contributed by atoms with Crippen molar-refractivity contribution in [2.45, 2.75) is 43.7 Å². The molecule has 0 saturated heterocycles. The van der Waals surface area contributed by atoms with Gasteiger partial charge in [0.25, 0.3) is 0 Å². The second kappa shape index (κ2) is 14.0. The minimum absolute atomic E-state index is 0.174. The van der Waals surface area contributed by atoms with E-state index in [0.717, 1.165) is 24.2 Å². The maximum Gasteiger partial charge on any atom is 0.228 e. The largest absolute Gasteiger partial charge is 0.398 e. The summed E-state index contributed by atoms with van der Waals surface area (Å²) < 4.78 is 0. The fourth-order valence-electron chi connectivity index (χ4n) is 4.52. The van der Waals surface area contributed by atoms with Crippen molar-refractivity contribution in [2.24, 2.45) is 0 Å². The molecule has 40 heavy (non-hydrogen) atoms. The molecule has 0 unspecified atom stereocenters. The van der Waals surface area contributed by atoms with Gasteiger partial charge in [-0.2, -0.15) is 15.5 Å². The first-order valence-corrected chi connectivity index (χ1v) is 14.5. The van der Waals surface area contributed by atoms with Gasteiger partial charge in [-0.25, -0.2) is 15.0 Å². The second-order valence-electron chi connectivity index (χ2n) is 8.94. The van der Waals surface area contributed by atoms with Gasteiger partial charge in [0.1, 0.15) is 23.3 Å². The summed E-state index contributed by atoms with van der Waals surface area (Å²) in [6.45, 7) is 0. The molecule has 0 amide bonds. The Morgan fingerprint density at radius 1 is 0.825 bits per heavy atom. The van der Waals surface area contributed by atoms with Crippen LogP contribution in [0.2, 0.25) is 10.3 Å². The molecule has 3 N–H and O–H groups in total. The van der Waals surface area contributed by atoms with E-state index in [0.29, 0.717) is 16.7 Å². The number of aromatic nitrogens is 4. The van der Waals surface area contributed by atoms with Gasteiger partial charge in [0.2, 0.25) is 5.95 Å². The molecule has 0 saturated carbocycles. The highest BCUT2D eigenvalue weighted by atomic mass is 35.5. The maximum atomic E-state index is 8.79. The number of fused-ring (bicyclic) bond motifs is 2. The number of nitrogens with two attached hydrogens (primary N) is 1. The standard InChI is InChI=1S/C14H11ClN4.C9H11N.C6H4ClN3S/c15-13-10(7-16)8-17-14(19-13)18-12-6-2-4-9-3-1-5-11(9)12;10-9-6-2-4-7-3-1-5-8(7)9;1-11-6-9-3-4(2-8)5(7)10-6/h2,4,6,8H,1,3,5H2,(H,17,18,19);2,4,6H,1,3,5,10H2;3H,1H3. The number of nitrogens with zero attached hydrogens (tertiary/aromatic N) is 6. The zero-order chi connectivity index (χ0) is 28.5. The molecule has 0 bridgehead atoms. The quantitative estimate of drug-likeness (QED) is 0.116. The molecular formula is C29H26Cl2N8S. The van der Waals surface area contributed by atoms with Gasteiger partial charge in [0, 0.05) is 11.4 Å². The molecule has 4 aromatic rings. The van der Waals surface area contributed by atoms with Gasteiger partial charge in [-0.1, -0.05) is 59.2 Å². The normalized spacial score (nSPS) is 12.4. The lowest BCUT2D eigenvalue weighted by Gasteiger charge is -2.10. The molecule has 0 aliphatic heterocycles. The number of hydrogen-bond donors (Lipinski definition) is 2. The van der Waals surface area contributed by atoms with Crippen LogP contribution in [0.1, 0.15) is 46.2 Å². The number of nitriles is 2. The summed E-state index contributed by atoms with van der Waals surface area (Å²) in [5.74, 6) is 0.421. The Morgan fingerprint density at radius 2 is 1.43 bits per heavy atom. The molecule has 2 heterocycles. The van der Waals surface area contributed by atoms with Crippen LogP contribution in [0.4, 0.5) is 17.3 Å². The van der Waals surface area contributed by atoms with Crippen LogP contribution in [0.15, 0.2) is 53.9 Å². The summed E-state index contributed by atoms with van der Waals surface area (Å²) in [7, 11) is 0. The van der Waals surface area contributed by atoms with E-state index in [2.05, 4.69) is 37.4 Å². The number of nitrogen functional groups attached to an aromatic ring is 1. The lowest BCUT2D eigenvalue weighted by atomic mass is 10.1. The minimum Gasteiger partial charge on any atom is -0.398 e. The zero-order valence-corrected chi connectivity index (χ0v) is 24.1. The van der Waals surface area contributed by atoms with Crippen molar-refractivity contribution in [3.8, 4) is 12.1 Å². The lowest BCUT2D eigenvalue weighted by molar-refractivity contribution is 0.912. The Labute approximate surface area is 247 Å². The molecule has 0 spiro atoms. The first-order valence-electron chi connectivity index (χ1n) is 12.6. The van der Waals surface area contributed by atoms with Crippen LogP contribution < -0.4 is 11.1 Å². The molecule has 2 aliphatic rings. The van der Waals surface area contributed by atoms with E-state index < -0.39 is 0 Å². The van der Waals surface area contributed by atoms with Gasteiger partial charge in [0.15, 0.2) is 15.5 Å². The van der Waals surface area contributed by atoms with Crippen LogP contribution in [0, 0.1) is 22.7 Å². The molecule has 0 radical (unpaired) electrons. The van der Waals surface area contributed by atoms with Crippen LogP contribution in [0.25, 0.3) is 0 Å². The van der Waals surface area contributed by atoms with Crippen molar-refractivity contribution >= 4 is 52.3 Å². The van der Waals surface area contributed by atoms with E-state index in [1.54, 1.807) is 0 Å². The average molecular weight is 590 g/mol. The summed E-state index contributed by atoms with van der Waals surface area (Å²) in [6.07, 6.45) is 11.8. The fraction of sp³-hybridized carbons (Fsp3) is 0.241. The van der Waals surface area contributed by atoms with Crippen LogP contribution in [0.5, 0.6) is 0 Å². The fourth-order valence-corrected chi connectivity index (χ4v) is 5.26. The predicted octanol–water partition coefficient (Wildman–Crippen LogP) is 6.72. The highest BCUT2D eigenvalue weighted by Gasteiger charge is 2.15. The number of thioether (sulfide) groups is 1. The van der Waals surface area contributed by atoms with Crippen LogP contribution in [-0.4, -0.2) is 26.2 Å². The number of anilines is 3. The molecule has 0 fully saturated rings. The topological polar surface area (TPSA) is 137 Å². The maximum absolute atomic E-state index is 8.79. The Bertz CT molecular complexity index is 1600. The third kappa shape index (κ3) is 7.19. The molecule has 2 aromatic heterocycles. The summed E-state index contributed by atoms with van der Waals surface area (Å²) in [5.41, 5.74) is 13.9. The molecule has 11 heteroatoms. The molecule has 2 aromatic carbocycles. The van der Waals surface area contributed by atoms with Gasteiger partial charge in [-0.3, -0.25) is 0 Å². The third-order valence-corrected chi connectivity index (χ3v) is 7.60. The Hall–Kier alpha value is -3.89. The van der Waals surface area contributed by atoms with Gasteiger partial charge in [-0.15, -0.1) is 0 Å². The summed E-state index contributed by atoms with van der Waals surface area (Å²) in [6, 6.07) is 16.2. The second-order valence-corrected chi connectivity index (χ2v) is 10.4. The molecule has 0 atom stereocenters.